The van der Waals surface area contributed by atoms with Gasteiger partial charge in [0, 0.05) is 0 Å². The van der Waals surface area contributed by atoms with Crippen molar-refractivity contribution in [3.8, 4) is 0 Å². The average molecular weight is 234 g/mol. The predicted molar refractivity (Wildman–Crippen MR) is 26.8 cm³/mol. The summed E-state index contributed by atoms with van der Waals surface area (Å²) in [4.78, 5) is 0. The molecule has 0 spiro atoms. The van der Waals surface area contributed by atoms with Crippen molar-refractivity contribution >= 4 is 7.99 Å². The van der Waals surface area contributed by atoms with Crippen LogP contribution in [0.25, 0.3) is 0 Å². The molecule has 13 heavy (non-hydrogen) atoms. The van der Waals surface area contributed by atoms with E-state index in [0.29, 0.717) is 0 Å². The maximum atomic E-state index is 11.8. The first kappa shape index (κ1) is 12.7. The summed E-state index contributed by atoms with van der Waals surface area (Å²) in [6.07, 6.45) is -6.00. The summed E-state index contributed by atoms with van der Waals surface area (Å²) in [7, 11) is -6.31. The zero-order valence-corrected chi connectivity index (χ0v) is 6.51. The molecule has 0 unspecified atom stereocenters. The van der Waals surface area contributed by atoms with E-state index < -0.39 is 26.7 Å². The fraction of sp³-hybridized carbons (Fsp3) is 1.00. The molecule has 0 bridgehead atoms. The zero-order valence-electron chi connectivity index (χ0n) is 5.62. The highest BCUT2D eigenvalue weighted by molar-refractivity contribution is 7.47. The lowest BCUT2D eigenvalue weighted by atomic mass is 10.3. The highest BCUT2D eigenvalue weighted by atomic mass is 31.2. The molecule has 0 saturated carbocycles. The van der Waals surface area contributed by atoms with Crippen molar-refractivity contribution in [2.45, 2.75) is 12.1 Å². The first-order chi connectivity index (χ1) is 5.46. The predicted octanol–water partition coefficient (Wildman–Crippen LogP) is 3.25. The smallest absolute Gasteiger partial charge is 0.274 e. The van der Waals surface area contributed by atoms with E-state index in [4.69, 9.17) is 0 Å². The minimum absolute atomic E-state index is 2.57. The lowest BCUT2D eigenvalue weighted by Gasteiger charge is -2.18. The number of hydrogen-bond acceptors (Lipinski definition) is 2. The summed E-state index contributed by atoms with van der Waals surface area (Å²) >= 11 is 0. The van der Waals surface area contributed by atoms with Crippen LogP contribution in [0.1, 0.15) is 0 Å². The van der Waals surface area contributed by atoms with Crippen LogP contribution >= 0.6 is 7.99 Å². The van der Waals surface area contributed by atoms with Crippen molar-refractivity contribution in [3.63, 3.8) is 0 Å². The van der Waals surface area contributed by atoms with E-state index in [2.05, 4.69) is 4.52 Å². The minimum atomic E-state index is -6.31. The third-order valence-electron chi connectivity index (χ3n) is 0.811. The van der Waals surface area contributed by atoms with Crippen molar-refractivity contribution in [2.24, 2.45) is 0 Å². The summed E-state index contributed by atoms with van der Waals surface area (Å²) in [6, 6.07) is 0. The first-order valence-electron chi connectivity index (χ1n) is 2.54. The topological polar surface area (TPSA) is 26.3 Å². The van der Waals surface area contributed by atoms with Gasteiger partial charge in [-0.3, -0.25) is 4.52 Å². The molecule has 2 nitrogen and oxygen atoms in total. The molecule has 0 aliphatic rings. The summed E-state index contributed by atoms with van der Waals surface area (Å²) < 4.78 is 91.7. The van der Waals surface area contributed by atoms with Gasteiger partial charge in [-0.25, -0.2) is 4.57 Å². The summed E-state index contributed by atoms with van der Waals surface area (Å²) in [5.74, 6) is -5.43. The van der Waals surface area contributed by atoms with Crippen LogP contribution in [0, 0.1) is 0 Å². The molecule has 0 aromatic rings. The fourth-order valence-corrected chi connectivity index (χ4v) is 0.550. The molecule has 0 fully saturated rings. The van der Waals surface area contributed by atoms with Crippen LogP contribution in [0.2, 0.25) is 0 Å². The number of alkyl halides is 5. The van der Waals surface area contributed by atoms with E-state index in [-0.39, 0.29) is 0 Å². The quantitative estimate of drug-likeness (QED) is 0.553. The molecule has 0 aromatic carbocycles. The molecule has 0 aliphatic heterocycles. The Morgan fingerprint density at radius 3 is 1.69 bits per heavy atom. The molecule has 0 atom stereocenters. The van der Waals surface area contributed by atoms with Gasteiger partial charge in [-0.2, -0.15) is 22.0 Å². The highest BCUT2D eigenvalue weighted by Gasteiger charge is 2.58. The lowest BCUT2D eigenvalue weighted by Crippen LogP contribution is -2.40. The minimum Gasteiger partial charge on any atom is -0.274 e. The normalized spacial score (nSPS) is 14.7. The SMILES string of the molecule is O=P(F)(F)OCC(F)(F)C(F)(F)F. The van der Waals surface area contributed by atoms with Crippen LogP contribution in [0.15, 0.2) is 0 Å². The Bertz CT molecular complexity index is 216. The molecule has 0 radical (unpaired) electrons. The van der Waals surface area contributed by atoms with Crippen molar-refractivity contribution < 1.29 is 39.4 Å². The van der Waals surface area contributed by atoms with Gasteiger partial charge in [0.05, 0.1) is 0 Å². The number of halogens is 7. The monoisotopic (exact) mass is 234 g/mol. The maximum absolute atomic E-state index is 11.8. The third kappa shape index (κ3) is 4.47. The van der Waals surface area contributed by atoms with Crippen molar-refractivity contribution in [3.05, 3.63) is 0 Å². The first-order valence-corrected chi connectivity index (χ1v) is 3.95. The Kier molecular flexibility index (Phi) is 3.37. The van der Waals surface area contributed by atoms with Gasteiger partial charge >= 0.3 is 20.1 Å². The van der Waals surface area contributed by atoms with Gasteiger partial charge in [0.1, 0.15) is 6.61 Å². The molecule has 0 heterocycles. The van der Waals surface area contributed by atoms with Crippen LogP contribution < -0.4 is 0 Å². The molecule has 0 saturated heterocycles. The van der Waals surface area contributed by atoms with Crippen LogP contribution in [0.5, 0.6) is 0 Å². The fourth-order valence-electron chi connectivity index (χ4n) is 0.238. The molecule has 80 valence electrons. The maximum Gasteiger partial charge on any atom is 0.552 e. The molecule has 0 rings (SSSR count). The molecule has 10 heteroatoms. The van der Waals surface area contributed by atoms with E-state index in [1.165, 1.54) is 0 Å². The van der Waals surface area contributed by atoms with Crippen molar-refractivity contribution in [1.82, 2.24) is 0 Å². The Labute approximate surface area is 67.4 Å². The Balaban J connectivity index is 4.29. The van der Waals surface area contributed by atoms with E-state index in [1.807, 2.05) is 0 Å². The number of rotatable bonds is 3. The van der Waals surface area contributed by atoms with Crippen LogP contribution in [0.4, 0.5) is 30.3 Å². The second kappa shape index (κ2) is 3.45. The summed E-state index contributed by atoms with van der Waals surface area (Å²) in [5.41, 5.74) is 0. The Morgan fingerprint density at radius 1 is 1.08 bits per heavy atom. The van der Waals surface area contributed by atoms with Gasteiger partial charge in [-0.05, 0) is 0 Å². The van der Waals surface area contributed by atoms with E-state index in [9.17, 15) is 34.9 Å². The van der Waals surface area contributed by atoms with Crippen LogP contribution in [0.3, 0.4) is 0 Å². The summed E-state index contributed by atoms with van der Waals surface area (Å²) in [6.45, 7) is -2.65. The lowest BCUT2D eigenvalue weighted by molar-refractivity contribution is -0.290. The van der Waals surface area contributed by atoms with Gasteiger partial charge < -0.3 is 0 Å². The van der Waals surface area contributed by atoms with Gasteiger partial charge in [0.2, 0.25) is 0 Å². The Hall–Kier alpha value is -0.300. The summed E-state index contributed by atoms with van der Waals surface area (Å²) in [5, 5.41) is 0. The van der Waals surface area contributed by atoms with Gasteiger partial charge in [-0.15, -0.1) is 8.39 Å². The Morgan fingerprint density at radius 2 is 1.46 bits per heavy atom. The van der Waals surface area contributed by atoms with E-state index >= 15 is 0 Å². The van der Waals surface area contributed by atoms with Crippen molar-refractivity contribution in [2.75, 3.05) is 6.61 Å². The molecular weight excluding hydrogens is 232 g/mol. The van der Waals surface area contributed by atoms with Gasteiger partial charge in [0.25, 0.3) is 0 Å². The second-order valence-corrected chi connectivity index (χ2v) is 2.98. The molecule has 0 aromatic heterocycles. The van der Waals surface area contributed by atoms with Crippen LogP contribution in [-0.2, 0) is 9.09 Å². The zero-order chi connectivity index (χ0) is 10.9. The highest BCUT2D eigenvalue weighted by Crippen LogP contribution is 2.52. The van der Waals surface area contributed by atoms with Crippen molar-refractivity contribution in [1.29, 1.82) is 0 Å². The van der Waals surface area contributed by atoms with E-state index in [0.717, 1.165) is 0 Å². The molecular formula is C3H2F7O2P. The standard InChI is InChI=1S/C3H2F7O2P/c4-2(5,3(6,7)8)1-12-13(9,10)11/h1H2. The van der Waals surface area contributed by atoms with Gasteiger partial charge in [-0.1, -0.05) is 0 Å². The molecule has 0 amide bonds. The second-order valence-electron chi connectivity index (χ2n) is 1.89. The van der Waals surface area contributed by atoms with Gasteiger partial charge in [0.15, 0.2) is 0 Å². The van der Waals surface area contributed by atoms with Crippen LogP contribution in [-0.4, -0.2) is 18.7 Å². The third-order valence-corrected chi connectivity index (χ3v) is 1.24. The largest absolute Gasteiger partial charge is 0.552 e. The average Bonchev–Trinajstić information content (AvgIpc) is 1.79. The number of hydrogen-bond donors (Lipinski definition) is 0. The molecule has 0 aliphatic carbocycles. The van der Waals surface area contributed by atoms with E-state index in [1.54, 1.807) is 0 Å². The molecule has 0 N–H and O–H groups in total.